The standard InChI is InChI=1S/C16H14ClO3.Li/c1-18-15-4-2-3-13(11-15)16(19-9-10-20-16)12-5-7-14(17)8-6-12;/h2-7,11H,9-10H2,1H3;/q-1;+1. The molecule has 0 aliphatic carbocycles. The van der Waals surface area contributed by atoms with Crippen LogP contribution in [0.4, 0.5) is 0 Å². The number of rotatable bonds is 3. The molecule has 0 aromatic heterocycles. The summed E-state index contributed by atoms with van der Waals surface area (Å²) in [5, 5.41) is 0.563. The number of methoxy groups -OCH3 is 1. The van der Waals surface area contributed by atoms with Gasteiger partial charge in [0.1, 0.15) is 5.75 Å². The molecule has 5 heteroatoms. The van der Waals surface area contributed by atoms with E-state index >= 15 is 0 Å². The van der Waals surface area contributed by atoms with Gasteiger partial charge in [-0.05, 0) is 12.1 Å². The summed E-state index contributed by atoms with van der Waals surface area (Å²) in [7, 11) is 1.64. The monoisotopic (exact) mass is 296 g/mol. The molecule has 0 N–H and O–H groups in total. The summed E-state index contributed by atoms with van der Waals surface area (Å²) in [5.41, 5.74) is 1.76. The van der Waals surface area contributed by atoms with E-state index in [1.54, 1.807) is 19.2 Å². The SMILES string of the molecule is COc1cccc(C2(c3c[c-]c(Cl)cc3)OCCO2)c1.[Li+]. The molecule has 0 bridgehead atoms. The zero-order valence-electron chi connectivity index (χ0n) is 12.1. The van der Waals surface area contributed by atoms with Crippen molar-refractivity contribution in [2.75, 3.05) is 20.3 Å². The van der Waals surface area contributed by atoms with Gasteiger partial charge in [-0.3, -0.25) is 0 Å². The summed E-state index contributed by atoms with van der Waals surface area (Å²) < 4.78 is 17.1. The van der Waals surface area contributed by atoms with Gasteiger partial charge in [0.2, 0.25) is 0 Å². The molecule has 0 amide bonds. The molecule has 0 unspecified atom stereocenters. The van der Waals surface area contributed by atoms with Gasteiger partial charge in [0.05, 0.1) is 20.3 Å². The quantitative estimate of drug-likeness (QED) is 0.606. The maximum atomic E-state index is 5.91. The summed E-state index contributed by atoms with van der Waals surface area (Å²) in [4.78, 5) is 0. The van der Waals surface area contributed by atoms with Crippen molar-refractivity contribution in [1.82, 2.24) is 0 Å². The van der Waals surface area contributed by atoms with Gasteiger partial charge < -0.3 is 14.2 Å². The molecule has 0 spiro atoms. The van der Waals surface area contributed by atoms with Crippen molar-refractivity contribution in [2.24, 2.45) is 0 Å². The molecular weight excluding hydrogens is 283 g/mol. The first-order chi connectivity index (χ1) is 9.74. The van der Waals surface area contributed by atoms with Gasteiger partial charge in [0, 0.05) is 5.56 Å². The molecule has 3 nitrogen and oxygen atoms in total. The Morgan fingerprint density at radius 1 is 1.14 bits per heavy atom. The molecule has 1 fully saturated rings. The predicted octanol–water partition coefficient (Wildman–Crippen LogP) is 0.401. The van der Waals surface area contributed by atoms with Crippen molar-refractivity contribution < 1.29 is 33.1 Å². The Kier molecular flexibility index (Phi) is 5.37. The van der Waals surface area contributed by atoms with Gasteiger partial charge in [0.15, 0.2) is 5.79 Å². The van der Waals surface area contributed by atoms with Crippen LogP contribution < -0.4 is 23.6 Å². The molecule has 2 aromatic rings. The van der Waals surface area contributed by atoms with E-state index in [2.05, 4.69) is 6.07 Å². The van der Waals surface area contributed by atoms with Crippen LogP contribution in [0.1, 0.15) is 11.1 Å². The van der Waals surface area contributed by atoms with E-state index in [0.717, 1.165) is 16.9 Å². The summed E-state index contributed by atoms with van der Waals surface area (Å²) >= 11 is 5.90. The van der Waals surface area contributed by atoms with Gasteiger partial charge in [-0.2, -0.15) is 24.3 Å². The minimum Gasteiger partial charge on any atom is -0.497 e. The van der Waals surface area contributed by atoms with Crippen LogP contribution in [-0.4, -0.2) is 20.3 Å². The Bertz CT molecular complexity index is 595. The Morgan fingerprint density at radius 2 is 1.90 bits per heavy atom. The number of hydrogen-bond acceptors (Lipinski definition) is 3. The topological polar surface area (TPSA) is 27.7 Å². The Hall–Kier alpha value is -0.953. The first-order valence-electron chi connectivity index (χ1n) is 6.35. The molecule has 0 radical (unpaired) electrons. The normalized spacial score (nSPS) is 16.3. The van der Waals surface area contributed by atoms with Crippen LogP contribution in [0.2, 0.25) is 5.02 Å². The third kappa shape index (κ3) is 3.13. The number of hydrogen-bond donors (Lipinski definition) is 0. The van der Waals surface area contributed by atoms with E-state index in [0.29, 0.717) is 18.2 Å². The minimum atomic E-state index is -0.907. The molecule has 0 saturated carbocycles. The largest absolute Gasteiger partial charge is 1.00 e. The van der Waals surface area contributed by atoms with E-state index in [1.165, 1.54) is 0 Å². The zero-order valence-corrected chi connectivity index (χ0v) is 12.8. The molecule has 1 saturated heterocycles. The predicted molar refractivity (Wildman–Crippen MR) is 76.0 cm³/mol. The molecular formula is C16H14ClLiO3. The van der Waals surface area contributed by atoms with E-state index in [4.69, 9.17) is 25.8 Å². The minimum absolute atomic E-state index is 0. The third-order valence-corrected chi connectivity index (χ3v) is 3.53. The Morgan fingerprint density at radius 3 is 2.52 bits per heavy atom. The van der Waals surface area contributed by atoms with Crippen molar-refractivity contribution in [3.63, 3.8) is 0 Å². The average Bonchev–Trinajstić information content (AvgIpc) is 2.99. The first kappa shape index (κ1) is 16.4. The van der Waals surface area contributed by atoms with Crippen LogP contribution >= 0.6 is 11.6 Å². The second-order valence-corrected chi connectivity index (χ2v) is 4.88. The zero-order chi connectivity index (χ0) is 14.0. The second-order valence-electron chi connectivity index (χ2n) is 4.47. The van der Waals surface area contributed by atoms with E-state index in [-0.39, 0.29) is 18.9 Å². The van der Waals surface area contributed by atoms with Crippen LogP contribution in [0.15, 0.2) is 42.5 Å². The molecule has 21 heavy (non-hydrogen) atoms. The van der Waals surface area contributed by atoms with Crippen LogP contribution in [0.25, 0.3) is 0 Å². The second kappa shape index (κ2) is 6.87. The fraction of sp³-hybridized carbons (Fsp3) is 0.250. The summed E-state index contributed by atoms with van der Waals surface area (Å²) in [6.07, 6.45) is 0. The van der Waals surface area contributed by atoms with Crippen molar-refractivity contribution in [2.45, 2.75) is 5.79 Å². The fourth-order valence-electron chi connectivity index (χ4n) is 2.35. The molecule has 3 rings (SSSR count). The fourth-order valence-corrected chi connectivity index (χ4v) is 2.47. The smallest absolute Gasteiger partial charge is 0.497 e. The van der Waals surface area contributed by atoms with E-state index in [9.17, 15) is 0 Å². The first-order valence-corrected chi connectivity index (χ1v) is 6.72. The van der Waals surface area contributed by atoms with Crippen LogP contribution in [0.5, 0.6) is 5.75 Å². The number of benzene rings is 2. The van der Waals surface area contributed by atoms with Gasteiger partial charge in [-0.25, -0.2) is 0 Å². The number of halogens is 1. The Labute approximate surface area is 141 Å². The van der Waals surface area contributed by atoms with Crippen LogP contribution in [0.3, 0.4) is 0 Å². The van der Waals surface area contributed by atoms with Crippen molar-refractivity contribution in [1.29, 1.82) is 0 Å². The molecule has 104 valence electrons. The van der Waals surface area contributed by atoms with Crippen molar-refractivity contribution in [3.8, 4) is 5.75 Å². The summed E-state index contributed by atoms with van der Waals surface area (Å²) in [6, 6.07) is 16.1. The van der Waals surface area contributed by atoms with Crippen LogP contribution in [-0.2, 0) is 15.3 Å². The molecule has 1 aliphatic heterocycles. The molecule has 2 aromatic carbocycles. The maximum Gasteiger partial charge on any atom is 1.00 e. The third-order valence-electron chi connectivity index (χ3n) is 3.30. The van der Waals surface area contributed by atoms with Gasteiger partial charge >= 0.3 is 18.9 Å². The van der Waals surface area contributed by atoms with Gasteiger partial charge in [0.25, 0.3) is 0 Å². The van der Waals surface area contributed by atoms with Crippen molar-refractivity contribution in [3.05, 3.63) is 64.7 Å². The molecule has 1 heterocycles. The average molecular weight is 297 g/mol. The molecule has 0 atom stereocenters. The maximum absolute atomic E-state index is 5.91. The Balaban J connectivity index is 0.00000161. The van der Waals surface area contributed by atoms with E-state index < -0.39 is 5.79 Å². The summed E-state index contributed by atoms with van der Waals surface area (Å²) in [6.45, 7) is 1.08. The van der Waals surface area contributed by atoms with Crippen molar-refractivity contribution >= 4 is 11.6 Å². The van der Waals surface area contributed by atoms with E-state index in [1.807, 2.05) is 30.3 Å². The summed E-state index contributed by atoms with van der Waals surface area (Å²) in [5.74, 6) is -0.144. The number of ether oxygens (including phenoxy) is 3. The molecule has 1 aliphatic rings. The van der Waals surface area contributed by atoms with Gasteiger partial charge in [-0.15, -0.1) is 11.6 Å². The van der Waals surface area contributed by atoms with Crippen LogP contribution in [0, 0.1) is 6.07 Å². The van der Waals surface area contributed by atoms with Gasteiger partial charge in [-0.1, -0.05) is 22.7 Å².